The Morgan fingerprint density at radius 2 is 2.07 bits per heavy atom. The molecule has 142 valence electrons. The van der Waals surface area contributed by atoms with Crippen molar-refractivity contribution in [1.82, 2.24) is 25.5 Å². The van der Waals surface area contributed by atoms with Gasteiger partial charge in [-0.3, -0.25) is 4.98 Å². The van der Waals surface area contributed by atoms with Crippen molar-refractivity contribution in [2.75, 3.05) is 0 Å². The van der Waals surface area contributed by atoms with Gasteiger partial charge in [0.1, 0.15) is 17.6 Å². The number of pyridine rings is 1. The lowest BCUT2D eigenvalue weighted by molar-refractivity contribution is 0.167. The van der Waals surface area contributed by atoms with Crippen molar-refractivity contribution in [2.45, 2.75) is 37.5 Å². The molecule has 4 heterocycles. The number of phenols is 1. The van der Waals surface area contributed by atoms with Crippen LogP contribution >= 0.6 is 0 Å². The van der Waals surface area contributed by atoms with Gasteiger partial charge in [-0.2, -0.15) is 0 Å². The number of alkyl halides is 1. The molecule has 3 aromatic rings. The number of allylic oxidation sites excluding steroid dienone is 1. The first kappa shape index (κ1) is 17.2. The average molecular weight is 377 g/mol. The Kier molecular flexibility index (Phi) is 4.05. The average Bonchev–Trinajstić information content (AvgIpc) is 3.13. The van der Waals surface area contributed by atoms with Crippen molar-refractivity contribution in [3.05, 3.63) is 49.1 Å². The van der Waals surface area contributed by atoms with E-state index in [1.807, 2.05) is 6.07 Å². The van der Waals surface area contributed by atoms with Gasteiger partial charge in [0, 0.05) is 35.8 Å². The molecular weight excluding hydrogens is 357 g/mol. The lowest BCUT2D eigenvalue weighted by atomic mass is 9.84. The molecule has 2 bridgehead atoms. The van der Waals surface area contributed by atoms with E-state index in [1.165, 1.54) is 0 Å². The zero-order valence-electron chi connectivity index (χ0n) is 15.2. The van der Waals surface area contributed by atoms with Crippen LogP contribution in [0.3, 0.4) is 0 Å². The number of aromatic hydroxyl groups is 1. The van der Waals surface area contributed by atoms with Crippen LogP contribution in [-0.4, -0.2) is 43.5 Å². The van der Waals surface area contributed by atoms with Gasteiger partial charge in [-0.15, -0.1) is 10.2 Å². The normalized spacial score (nSPS) is 26.5. The van der Waals surface area contributed by atoms with E-state index in [0.717, 1.165) is 30.0 Å². The maximum absolute atomic E-state index is 14.8. The minimum atomic E-state index is -0.967. The van der Waals surface area contributed by atoms with Gasteiger partial charge in [-0.25, -0.2) is 9.37 Å². The number of aromatic nitrogens is 4. The Bertz CT molecular complexity index is 1050. The summed E-state index contributed by atoms with van der Waals surface area (Å²) >= 11 is 0. The number of phenolic OH excluding ortho intramolecular Hbond substituents is 1. The van der Waals surface area contributed by atoms with E-state index in [1.54, 1.807) is 30.7 Å². The van der Waals surface area contributed by atoms with Gasteiger partial charge < -0.3 is 10.4 Å². The molecule has 5 rings (SSSR count). The summed E-state index contributed by atoms with van der Waals surface area (Å²) < 4.78 is 14.8. The van der Waals surface area contributed by atoms with Crippen molar-refractivity contribution < 1.29 is 9.50 Å². The molecular formula is C21H20FN5O. The van der Waals surface area contributed by atoms with E-state index in [9.17, 15) is 9.50 Å². The second-order valence-corrected chi connectivity index (χ2v) is 7.62. The van der Waals surface area contributed by atoms with Crippen LogP contribution in [-0.2, 0) is 0 Å². The highest BCUT2D eigenvalue weighted by Gasteiger charge is 2.43. The molecule has 3 unspecified atom stereocenters. The first-order chi connectivity index (χ1) is 13.6. The number of hydrogen-bond donors (Lipinski definition) is 2. The number of benzene rings is 1. The second-order valence-electron chi connectivity index (χ2n) is 7.62. The smallest absolute Gasteiger partial charge is 0.185 e. The third kappa shape index (κ3) is 2.82. The Morgan fingerprint density at radius 3 is 2.89 bits per heavy atom. The lowest BCUT2D eigenvalue weighted by Crippen LogP contribution is -2.47. The molecule has 2 fully saturated rings. The summed E-state index contributed by atoms with van der Waals surface area (Å²) in [6.45, 7) is 4.09. The predicted octanol–water partition coefficient (Wildman–Crippen LogP) is 3.28. The summed E-state index contributed by atoms with van der Waals surface area (Å²) in [6.07, 6.45) is 6.58. The summed E-state index contributed by atoms with van der Waals surface area (Å²) in [6, 6.07) is 5.55. The van der Waals surface area contributed by atoms with Crippen molar-refractivity contribution >= 4 is 16.3 Å². The van der Waals surface area contributed by atoms with Crippen molar-refractivity contribution in [1.29, 1.82) is 0 Å². The molecule has 1 aromatic carbocycles. The number of rotatable bonds is 3. The van der Waals surface area contributed by atoms with Crippen LogP contribution in [0, 0.1) is 5.92 Å². The summed E-state index contributed by atoms with van der Waals surface area (Å²) in [5, 5.41) is 23.8. The molecule has 2 aliphatic rings. The topological polar surface area (TPSA) is 83.8 Å². The molecule has 7 heteroatoms. The maximum atomic E-state index is 14.8. The molecule has 0 spiro atoms. The molecule has 2 aliphatic heterocycles. The molecule has 0 radical (unpaired) electrons. The minimum absolute atomic E-state index is 0.0626. The number of nitrogens with zero attached hydrogens (tertiary/aromatic N) is 4. The van der Waals surface area contributed by atoms with Gasteiger partial charge in [0.25, 0.3) is 0 Å². The van der Waals surface area contributed by atoms with Crippen LogP contribution in [0.1, 0.15) is 25.0 Å². The fourth-order valence-corrected chi connectivity index (χ4v) is 4.38. The standard InChI is InChI=1S/C21H20FN5O/c1-11(15-8-14-2-3-17(25-14)20(15)22)18-10-24-21(27-26-18)16-6-12-4-5-23-9-13(12)7-19(16)28/h4-7,9-10,14-15,17,20,25,28H,1-3,8H2/t14?,15?,17?,20-/m1/s1. The fourth-order valence-electron chi connectivity index (χ4n) is 4.38. The van der Waals surface area contributed by atoms with E-state index >= 15 is 0 Å². The van der Waals surface area contributed by atoms with E-state index in [2.05, 4.69) is 32.1 Å². The molecule has 0 amide bonds. The van der Waals surface area contributed by atoms with Crippen LogP contribution < -0.4 is 5.32 Å². The Balaban J connectivity index is 1.43. The third-order valence-corrected chi connectivity index (χ3v) is 5.92. The van der Waals surface area contributed by atoms with Crippen LogP contribution in [0.4, 0.5) is 4.39 Å². The van der Waals surface area contributed by atoms with Crippen LogP contribution in [0.25, 0.3) is 27.7 Å². The number of nitrogens with one attached hydrogen (secondary N) is 1. The predicted molar refractivity (Wildman–Crippen MR) is 104 cm³/mol. The van der Waals surface area contributed by atoms with E-state index in [-0.39, 0.29) is 17.7 Å². The largest absolute Gasteiger partial charge is 0.507 e. The lowest BCUT2D eigenvalue weighted by Gasteiger charge is -2.33. The minimum Gasteiger partial charge on any atom is -0.507 e. The van der Waals surface area contributed by atoms with Gasteiger partial charge in [0.05, 0.1) is 11.8 Å². The van der Waals surface area contributed by atoms with Gasteiger partial charge in [0.15, 0.2) is 5.82 Å². The fraction of sp³-hybridized carbons (Fsp3) is 0.333. The monoisotopic (exact) mass is 377 g/mol. The Hall–Kier alpha value is -2.93. The van der Waals surface area contributed by atoms with Gasteiger partial charge in [-0.05, 0) is 48.4 Å². The third-order valence-electron chi connectivity index (χ3n) is 5.92. The SMILES string of the molecule is C=C(c1cnc(-c2cc3ccncc3cc2O)nn1)C1CC2CCC(N2)[C@@H]1F. The maximum Gasteiger partial charge on any atom is 0.185 e. The molecule has 6 nitrogen and oxygen atoms in total. The number of piperidine rings is 1. The quantitative estimate of drug-likeness (QED) is 0.729. The van der Waals surface area contributed by atoms with Gasteiger partial charge in [0.2, 0.25) is 0 Å². The van der Waals surface area contributed by atoms with Crippen molar-refractivity contribution in [3.63, 3.8) is 0 Å². The van der Waals surface area contributed by atoms with Crippen molar-refractivity contribution in [2.24, 2.45) is 5.92 Å². The van der Waals surface area contributed by atoms with E-state index < -0.39 is 6.17 Å². The molecule has 4 atom stereocenters. The number of fused-ring (bicyclic) bond motifs is 3. The van der Waals surface area contributed by atoms with Crippen LogP contribution in [0.15, 0.2) is 43.4 Å². The highest BCUT2D eigenvalue weighted by molar-refractivity contribution is 5.88. The highest BCUT2D eigenvalue weighted by Crippen LogP contribution is 2.39. The van der Waals surface area contributed by atoms with E-state index in [0.29, 0.717) is 28.7 Å². The highest BCUT2D eigenvalue weighted by atomic mass is 19.1. The molecule has 28 heavy (non-hydrogen) atoms. The molecule has 2 saturated heterocycles. The summed E-state index contributed by atoms with van der Waals surface area (Å²) in [7, 11) is 0. The van der Waals surface area contributed by atoms with E-state index in [4.69, 9.17) is 0 Å². The zero-order chi connectivity index (χ0) is 19.3. The van der Waals surface area contributed by atoms with Gasteiger partial charge >= 0.3 is 0 Å². The first-order valence-electron chi connectivity index (χ1n) is 9.46. The molecule has 0 saturated carbocycles. The molecule has 2 N–H and O–H groups in total. The molecule has 2 aromatic heterocycles. The Labute approximate surface area is 161 Å². The van der Waals surface area contributed by atoms with Crippen LogP contribution in [0.5, 0.6) is 5.75 Å². The summed E-state index contributed by atoms with van der Waals surface area (Å²) in [4.78, 5) is 8.42. The van der Waals surface area contributed by atoms with Gasteiger partial charge in [-0.1, -0.05) is 6.58 Å². The zero-order valence-corrected chi connectivity index (χ0v) is 15.2. The first-order valence-corrected chi connectivity index (χ1v) is 9.46. The number of halogens is 1. The summed E-state index contributed by atoms with van der Waals surface area (Å²) in [5.41, 5.74) is 1.64. The molecule has 0 aliphatic carbocycles. The Morgan fingerprint density at radius 1 is 1.18 bits per heavy atom. The number of hydrogen-bond acceptors (Lipinski definition) is 6. The van der Waals surface area contributed by atoms with Crippen LogP contribution in [0.2, 0.25) is 0 Å². The second kappa shape index (κ2) is 6.60. The van der Waals surface area contributed by atoms with Crippen molar-refractivity contribution in [3.8, 4) is 17.1 Å². The summed E-state index contributed by atoms with van der Waals surface area (Å²) in [5.74, 6) is 0.116.